The van der Waals surface area contributed by atoms with E-state index in [1.54, 1.807) is 14.0 Å². The highest BCUT2D eigenvalue weighted by atomic mass is 16.5. The fourth-order valence-electron chi connectivity index (χ4n) is 1.04. The van der Waals surface area contributed by atoms with Gasteiger partial charge in [0.2, 0.25) is 5.89 Å². The third kappa shape index (κ3) is 3.97. The number of hydrogen-bond acceptors (Lipinski definition) is 4. The van der Waals surface area contributed by atoms with E-state index >= 15 is 0 Å². The van der Waals surface area contributed by atoms with Crippen LogP contribution in [0, 0.1) is 6.92 Å². The SMILES string of the molecule is CN=C(NCc1nc(C)no1)NC(C)C. The fourth-order valence-corrected chi connectivity index (χ4v) is 1.04. The van der Waals surface area contributed by atoms with Crippen molar-refractivity contribution in [2.75, 3.05) is 7.05 Å². The van der Waals surface area contributed by atoms with Gasteiger partial charge in [-0.25, -0.2) is 0 Å². The predicted molar refractivity (Wildman–Crippen MR) is 57.5 cm³/mol. The first kappa shape index (κ1) is 11.5. The van der Waals surface area contributed by atoms with Crippen LogP contribution in [0.4, 0.5) is 0 Å². The number of rotatable bonds is 3. The maximum absolute atomic E-state index is 4.96. The molecule has 0 unspecified atom stereocenters. The maximum Gasteiger partial charge on any atom is 0.246 e. The number of aromatic nitrogens is 2. The van der Waals surface area contributed by atoms with Crippen molar-refractivity contribution in [3.63, 3.8) is 0 Å². The molecule has 0 aliphatic heterocycles. The van der Waals surface area contributed by atoms with Crippen molar-refractivity contribution >= 4 is 5.96 Å². The van der Waals surface area contributed by atoms with E-state index in [0.29, 0.717) is 24.3 Å². The monoisotopic (exact) mass is 211 g/mol. The van der Waals surface area contributed by atoms with Crippen molar-refractivity contribution < 1.29 is 4.52 Å². The molecule has 0 radical (unpaired) electrons. The van der Waals surface area contributed by atoms with Gasteiger partial charge < -0.3 is 15.2 Å². The first-order chi connectivity index (χ1) is 7.11. The molecular formula is C9H17N5O. The lowest BCUT2D eigenvalue weighted by atomic mass is 10.4. The molecule has 0 aliphatic carbocycles. The molecule has 1 aromatic rings. The van der Waals surface area contributed by atoms with E-state index in [9.17, 15) is 0 Å². The van der Waals surface area contributed by atoms with Crippen LogP contribution < -0.4 is 10.6 Å². The van der Waals surface area contributed by atoms with Gasteiger partial charge in [0.05, 0.1) is 6.54 Å². The number of hydrogen-bond donors (Lipinski definition) is 2. The van der Waals surface area contributed by atoms with Gasteiger partial charge in [0.1, 0.15) is 0 Å². The molecule has 2 N–H and O–H groups in total. The number of aliphatic imine (C=N–C) groups is 1. The van der Waals surface area contributed by atoms with Crippen LogP contribution in [0.1, 0.15) is 25.6 Å². The standard InChI is InChI=1S/C9H17N5O/c1-6(2)12-9(10-4)11-5-8-13-7(3)14-15-8/h6H,5H2,1-4H3,(H2,10,11,12). The van der Waals surface area contributed by atoms with Crippen molar-refractivity contribution in [2.24, 2.45) is 4.99 Å². The molecule has 1 rings (SSSR count). The Morgan fingerprint density at radius 3 is 2.73 bits per heavy atom. The molecule has 0 aliphatic rings. The van der Waals surface area contributed by atoms with Gasteiger partial charge in [-0.1, -0.05) is 5.16 Å². The summed E-state index contributed by atoms with van der Waals surface area (Å²) in [5.74, 6) is 1.92. The summed E-state index contributed by atoms with van der Waals surface area (Å²) in [6, 6.07) is 0.334. The zero-order valence-corrected chi connectivity index (χ0v) is 9.53. The zero-order chi connectivity index (χ0) is 11.3. The van der Waals surface area contributed by atoms with Gasteiger partial charge in [0.25, 0.3) is 0 Å². The number of nitrogens with zero attached hydrogens (tertiary/aromatic N) is 3. The van der Waals surface area contributed by atoms with Gasteiger partial charge >= 0.3 is 0 Å². The lowest BCUT2D eigenvalue weighted by molar-refractivity contribution is 0.371. The average molecular weight is 211 g/mol. The topological polar surface area (TPSA) is 75.3 Å². The fraction of sp³-hybridized carbons (Fsp3) is 0.667. The minimum absolute atomic E-state index is 0.334. The molecule has 6 nitrogen and oxygen atoms in total. The van der Waals surface area contributed by atoms with E-state index in [2.05, 4.69) is 25.8 Å². The summed E-state index contributed by atoms with van der Waals surface area (Å²) >= 11 is 0. The van der Waals surface area contributed by atoms with E-state index in [-0.39, 0.29) is 0 Å². The van der Waals surface area contributed by atoms with Gasteiger partial charge in [0.15, 0.2) is 11.8 Å². The van der Waals surface area contributed by atoms with Crippen LogP contribution in [0.5, 0.6) is 0 Å². The molecule has 0 atom stereocenters. The highest BCUT2D eigenvalue weighted by Crippen LogP contribution is 1.94. The average Bonchev–Trinajstić information content (AvgIpc) is 2.58. The zero-order valence-electron chi connectivity index (χ0n) is 9.53. The predicted octanol–water partition coefficient (Wildman–Crippen LogP) is 0.451. The van der Waals surface area contributed by atoms with Crippen LogP contribution in [0.25, 0.3) is 0 Å². The van der Waals surface area contributed by atoms with Crippen LogP contribution in [0.3, 0.4) is 0 Å². The molecule has 1 heterocycles. The second kappa shape index (κ2) is 5.33. The summed E-state index contributed by atoms with van der Waals surface area (Å²) in [5.41, 5.74) is 0. The van der Waals surface area contributed by atoms with Crippen LogP contribution >= 0.6 is 0 Å². The van der Waals surface area contributed by atoms with Gasteiger partial charge in [-0.05, 0) is 20.8 Å². The highest BCUT2D eigenvalue weighted by Gasteiger charge is 2.04. The second-order valence-electron chi connectivity index (χ2n) is 3.46. The smallest absolute Gasteiger partial charge is 0.246 e. The minimum atomic E-state index is 0.334. The number of guanidine groups is 1. The van der Waals surface area contributed by atoms with Gasteiger partial charge in [0, 0.05) is 13.1 Å². The third-order valence-electron chi connectivity index (χ3n) is 1.63. The van der Waals surface area contributed by atoms with E-state index in [0.717, 1.165) is 5.96 Å². The van der Waals surface area contributed by atoms with E-state index < -0.39 is 0 Å². The number of nitrogens with one attached hydrogen (secondary N) is 2. The van der Waals surface area contributed by atoms with E-state index in [4.69, 9.17) is 4.52 Å². The van der Waals surface area contributed by atoms with Crippen molar-refractivity contribution in [1.29, 1.82) is 0 Å². The largest absolute Gasteiger partial charge is 0.354 e. The molecule has 0 fully saturated rings. The van der Waals surface area contributed by atoms with Crippen molar-refractivity contribution in [1.82, 2.24) is 20.8 Å². The minimum Gasteiger partial charge on any atom is -0.354 e. The molecule has 15 heavy (non-hydrogen) atoms. The normalized spacial score (nSPS) is 11.9. The lowest BCUT2D eigenvalue weighted by Crippen LogP contribution is -2.40. The molecule has 0 saturated heterocycles. The van der Waals surface area contributed by atoms with Crippen LogP contribution in [-0.4, -0.2) is 29.2 Å². The molecule has 0 amide bonds. The maximum atomic E-state index is 4.96. The third-order valence-corrected chi connectivity index (χ3v) is 1.63. The first-order valence-corrected chi connectivity index (χ1v) is 4.88. The number of aryl methyl sites for hydroxylation is 1. The molecule has 0 spiro atoms. The molecule has 0 aromatic carbocycles. The second-order valence-corrected chi connectivity index (χ2v) is 3.46. The Balaban J connectivity index is 2.41. The Labute approximate surface area is 89.2 Å². The van der Waals surface area contributed by atoms with Crippen LogP contribution in [-0.2, 0) is 6.54 Å². The van der Waals surface area contributed by atoms with E-state index in [1.807, 2.05) is 13.8 Å². The highest BCUT2D eigenvalue weighted by molar-refractivity contribution is 5.79. The van der Waals surface area contributed by atoms with Crippen LogP contribution in [0.15, 0.2) is 9.52 Å². The van der Waals surface area contributed by atoms with Crippen molar-refractivity contribution in [3.05, 3.63) is 11.7 Å². The lowest BCUT2D eigenvalue weighted by Gasteiger charge is -2.12. The van der Waals surface area contributed by atoms with E-state index in [1.165, 1.54) is 0 Å². The summed E-state index contributed by atoms with van der Waals surface area (Å²) in [4.78, 5) is 8.13. The Hall–Kier alpha value is -1.59. The Kier molecular flexibility index (Phi) is 4.08. The molecule has 0 bridgehead atoms. The molecular weight excluding hydrogens is 194 g/mol. The van der Waals surface area contributed by atoms with Crippen molar-refractivity contribution in [2.45, 2.75) is 33.4 Å². The quantitative estimate of drug-likeness (QED) is 0.561. The summed E-state index contributed by atoms with van der Waals surface area (Å²) < 4.78 is 4.96. The first-order valence-electron chi connectivity index (χ1n) is 4.88. The summed E-state index contributed by atoms with van der Waals surface area (Å²) in [6.07, 6.45) is 0. The summed E-state index contributed by atoms with van der Waals surface area (Å²) in [6.45, 7) is 6.36. The molecule has 0 saturated carbocycles. The summed E-state index contributed by atoms with van der Waals surface area (Å²) in [7, 11) is 1.72. The van der Waals surface area contributed by atoms with Gasteiger partial charge in [-0.15, -0.1) is 0 Å². The molecule has 84 valence electrons. The molecule has 6 heteroatoms. The molecule has 1 aromatic heterocycles. The summed E-state index contributed by atoms with van der Waals surface area (Å²) in [5, 5.41) is 9.92. The Morgan fingerprint density at radius 1 is 1.53 bits per heavy atom. The van der Waals surface area contributed by atoms with Gasteiger partial charge in [-0.2, -0.15) is 4.98 Å². The Morgan fingerprint density at radius 2 is 2.27 bits per heavy atom. The van der Waals surface area contributed by atoms with Crippen molar-refractivity contribution in [3.8, 4) is 0 Å². The van der Waals surface area contributed by atoms with Gasteiger partial charge in [-0.3, -0.25) is 4.99 Å². The Bertz CT molecular complexity index is 331. The van der Waals surface area contributed by atoms with Crippen LogP contribution in [0.2, 0.25) is 0 Å².